The van der Waals surface area contributed by atoms with E-state index in [-0.39, 0.29) is 76.7 Å². The maximum absolute atomic E-state index is 14.4. The molecular formula is C46H69N11O9. The van der Waals surface area contributed by atoms with E-state index in [2.05, 4.69) is 38.8 Å². The molecule has 2 aromatic carbocycles. The minimum Gasteiger partial charge on any atom is -0.492 e. The molecule has 1 heterocycles. The Morgan fingerprint density at radius 1 is 0.803 bits per heavy atom. The van der Waals surface area contributed by atoms with Crippen molar-refractivity contribution in [2.75, 3.05) is 59.5 Å². The number of nitriles is 1. The number of hydrogen-bond acceptors (Lipinski definition) is 13. The number of amides is 7. The number of ether oxygens (including phenoxy) is 2. The molecule has 0 radical (unpaired) electrons. The molecule has 0 saturated carbocycles. The molecule has 0 spiro atoms. The molecule has 1 aliphatic rings. The van der Waals surface area contributed by atoms with Crippen LogP contribution >= 0.6 is 0 Å². The van der Waals surface area contributed by atoms with E-state index in [1.54, 1.807) is 36.4 Å². The van der Waals surface area contributed by atoms with Crippen molar-refractivity contribution in [2.24, 2.45) is 17.2 Å². The van der Waals surface area contributed by atoms with Crippen LogP contribution in [0.2, 0.25) is 0 Å². The Morgan fingerprint density at radius 2 is 1.44 bits per heavy atom. The largest absolute Gasteiger partial charge is 0.492 e. The highest BCUT2D eigenvalue weighted by Crippen LogP contribution is 2.40. The minimum absolute atomic E-state index is 0.0120. The monoisotopic (exact) mass is 920 g/mol. The Bertz CT molecular complexity index is 1990. The molecule has 4 atom stereocenters. The van der Waals surface area contributed by atoms with Crippen molar-refractivity contribution in [1.82, 2.24) is 36.8 Å². The van der Waals surface area contributed by atoms with Crippen molar-refractivity contribution in [2.45, 2.75) is 109 Å². The number of nitrogens with one attached hydrogen (secondary N) is 6. The van der Waals surface area contributed by atoms with E-state index in [1.165, 1.54) is 33.2 Å². The van der Waals surface area contributed by atoms with Gasteiger partial charge in [-0.3, -0.25) is 33.6 Å². The predicted octanol–water partition coefficient (Wildman–Crippen LogP) is 0.310. The van der Waals surface area contributed by atoms with E-state index >= 15 is 0 Å². The zero-order valence-electron chi connectivity index (χ0n) is 38.5. The first kappa shape index (κ1) is 54.0. The van der Waals surface area contributed by atoms with Crippen LogP contribution in [0.15, 0.2) is 36.4 Å². The summed E-state index contributed by atoms with van der Waals surface area (Å²) in [5, 5.41) is 24.8. The van der Waals surface area contributed by atoms with Gasteiger partial charge in [-0.2, -0.15) is 5.26 Å². The molecule has 0 fully saturated rings. The van der Waals surface area contributed by atoms with Gasteiger partial charge in [0.05, 0.1) is 12.6 Å². The van der Waals surface area contributed by atoms with Gasteiger partial charge in [0, 0.05) is 57.1 Å². The van der Waals surface area contributed by atoms with Gasteiger partial charge in [-0.05, 0) is 61.7 Å². The molecule has 1 aliphatic heterocycles. The van der Waals surface area contributed by atoms with Crippen LogP contribution in [0, 0.1) is 11.3 Å². The minimum atomic E-state index is -1.43. The van der Waals surface area contributed by atoms with Gasteiger partial charge in [-0.1, -0.05) is 57.6 Å². The third-order valence-corrected chi connectivity index (χ3v) is 10.8. The van der Waals surface area contributed by atoms with E-state index < -0.39 is 66.2 Å². The van der Waals surface area contributed by atoms with Crippen LogP contribution in [-0.4, -0.2) is 124 Å². The lowest BCUT2D eigenvalue weighted by Crippen LogP contribution is -2.56. The Kier molecular flexibility index (Phi) is 24.0. The fourth-order valence-corrected chi connectivity index (χ4v) is 7.29. The lowest BCUT2D eigenvalue weighted by Gasteiger charge is -2.32. The summed E-state index contributed by atoms with van der Waals surface area (Å²) < 4.78 is 12.1. The Labute approximate surface area is 387 Å². The van der Waals surface area contributed by atoms with Crippen molar-refractivity contribution in [3.63, 3.8) is 0 Å². The van der Waals surface area contributed by atoms with E-state index in [4.69, 9.17) is 31.9 Å². The smallest absolute Gasteiger partial charge is 0.248 e. The number of rotatable bonds is 26. The number of carbonyl (C=O) groups is 7. The summed E-state index contributed by atoms with van der Waals surface area (Å²) in [5.41, 5.74) is 19.3. The molecule has 20 heteroatoms. The highest BCUT2D eigenvalue weighted by Gasteiger charge is 2.36. The third kappa shape index (κ3) is 17.6. The summed E-state index contributed by atoms with van der Waals surface area (Å²) in [7, 11) is 1.37. The van der Waals surface area contributed by atoms with Crippen molar-refractivity contribution >= 4 is 41.4 Å². The second-order valence-corrected chi connectivity index (χ2v) is 16.0. The van der Waals surface area contributed by atoms with Crippen LogP contribution in [0.4, 0.5) is 0 Å². The normalized spacial score (nSPS) is 16.2. The Morgan fingerprint density at radius 3 is 2.09 bits per heavy atom. The summed E-state index contributed by atoms with van der Waals surface area (Å²) in [6.07, 6.45) is 7.83. The van der Waals surface area contributed by atoms with Crippen LogP contribution < -0.4 is 58.6 Å². The first-order valence-electron chi connectivity index (χ1n) is 22.8. The number of benzene rings is 2. The third-order valence-electron chi connectivity index (χ3n) is 10.8. The first-order valence-corrected chi connectivity index (χ1v) is 22.8. The predicted molar refractivity (Wildman–Crippen MR) is 247 cm³/mol. The maximum atomic E-state index is 14.4. The second-order valence-electron chi connectivity index (χ2n) is 16.0. The number of carbonyl (C=O) groups excluding carboxylic acids is 7. The number of unbranched alkanes of at least 4 members (excludes halogenated alkanes) is 6. The molecule has 7 amide bonds. The molecule has 362 valence electrons. The molecule has 0 saturated heterocycles. The summed E-state index contributed by atoms with van der Waals surface area (Å²) in [4.78, 5) is 94.8. The van der Waals surface area contributed by atoms with Gasteiger partial charge in [-0.25, -0.2) is 0 Å². The van der Waals surface area contributed by atoms with Crippen LogP contribution in [0.5, 0.6) is 11.5 Å². The van der Waals surface area contributed by atoms with Gasteiger partial charge in [0.25, 0.3) is 0 Å². The van der Waals surface area contributed by atoms with Crippen molar-refractivity contribution < 1.29 is 43.0 Å². The zero-order chi connectivity index (χ0) is 48.4. The Hall–Kier alpha value is -6.30. The van der Waals surface area contributed by atoms with Crippen LogP contribution in [0.1, 0.15) is 95.2 Å². The van der Waals surface area contributed by atoms with Crippen LogP contribution in [-0.2, 0) is 40.0 Å². The molecule has 66 heavy (non-hydrogen) atoms. The van der Waals surface area contributed by atoms with E-state index in [0.717, 1.165) is 30.6 Å². The average molecular weight is 920 g/mol. The van der Waals surface area contributed by atoms with Gasteiger partial charge < -0.3 is 63.5 Å². The first-order chi connectivity index (χ1) is 31.8. The molecule has 20 nitrogen and oxygen atoms in total. The lowest BCUT2D eigenvalue weighted by molar-refractivity contribution is -0.143. The van der Waals surface area contributed by atoms with E-state index in [1.807, 2.05) is 6.07 Å². The van der Waals surface area contributed by atoms with Crippen molar-refractivity contribution in [3.8, 4) is 28.7 Å². The number of hydrogen-bond donors (Lipinski definition) is 9. The van der Waals surface area contributed by atoms with Gasteiger partial charge in [0.1, 0.15) is 55.4 Å². The highest BCUT2D eigenvalue weighted by atomic mass is 16.5. The number of nitrogens with zero attached hydrogens (tertiary/aromatic N) is 2. The van der Waals surface area contributed by atoms with Gasteiger partial charge in [0.2, 0.25) is 41.4 Å². The zero-order valence-corrected chi connectivity index (χ0v) is 38.5. The molecule has 3 rings (SSSR count). The Balaban J connectivity index is 1.90. The molecule has 0 aliphatic carbocycles. The van der Waals surface area contributed by atoms with Crippen molar-refractivity contribution in [3.05, 3.63) is 47.5 Å². The molecule has 4 bridgehead atoms. The second kappa shape index (κ2) is 29.3. The summed E-state index contributed by atoms with van der Waals surface area (Å²) in [6, 6.07) is 6.76. The van der Waals surface area contributed by atoms with Gasteiger partial charge in [0.15, 0.2) is 0 Å². The van der Waals surface area contributed by atoms with E-state index in [9.17, 15) is 33.6 Å². The average Bonchev–Trinajstić information content (AvgIpc) is 3.30. The molecule has 0 unspecified atom stereocenters. The van der Waals surface area contributed by atoms with Crippen LogP contribution in [0.3, 0.4) is 0 Å². The topological polar surface area (TPSA) is 315 Å². The fourth-order valence-electron chi connectivity index (χ4n) is 7.29. The quantitative estimate of drug-likeness (QED) is 0.0454. The summed E-state index contributed by atoms with van der Waals surface area (Å²) in [6.45, 7) is 3.46. The fraction of sp³-hybridized carbons (Fsp3) is 0.565. The standard InChI is InChI=1S/C46H69N11O9/c1-4-5-6-7-8-9-10-11-39(58)51-22-17-40(59)53-29-41(60)55-35(16-18-47)46(64)57(3)42-32-13-15-38(66-25-21-50)34(28-32)33-26-31(12-14-37(33)65-24-20-49)27-36(44(62)52-23-19-48)56-43(61)30(2)54-45(42)63/h12-15,26,28,30,35-36,42H,4-11,16-18,20-25,27,29,47,49-50H2,1-3H3,(H,51,58)(H,52,62)(H,53,59)(H,54,63)(H,55,60)(H,56,61)/t30-,35-,36-,42-/m0/s1. The van der Waals surface area contributed by atoms with E-state index in [0.29, 0.717) is 34.6 Å². The van der Waals surface area contributed by atoms with Crippen molar-refractivity contribution in [1.29, 1.82) is 5.26 Å². The summed E-state index contributed by atoms with van der Waals surface area (Å²) in [5.74, 6) is -3.46. The number of nitrogens with two attached hydrogens (primary N) is 3. The maximum Gasteiger partial charge on any atom is 0.248 e. The van der Waals surface area contributed by atoms with Gasteiger partial charge in [-0.15, -0.1) is 0 Å². The summed E-state index contributed by atoms with van der Waals surface area (Å²) >= 11 is 0. The molecular weight excluding hydrogens is 851 g/mol. The number of fused-ring (bicyclic) bond motifs is 5. The number of likely N-dealkylation sites (N-methyl/N-ethyl adjacent to an activating group) is 1. The SMILES string of the molecule is CCCCCCCCCC(=O)NCCC(=O)NCC(=O)N[C@@H](CCN)C(=O)N(C)[C@@H]1C(=O)N[C@@H](C)C(=O)N[C@H](C(=O)NCC#N)Cc2ccc(OCCN)c(c2)-c2cc1ccc2OCCN. The lowest BCUT2D eigenvalue weighted by atomic mass is 9.93. The van der Waals surface area contributed by atoms with Crippen LogP contribution in [0.25, 0.3) is 11.1 Å². The van der Waals surface area contributed by atoms with Gasteiger partial charge >= 0.3 is 0 Å². The molecule has 12 N–H and O–H groups in total. The molecule has 0 aromatic heterocycles. The molecule has 2 aromatic rings. The highest BCUT2D eigenvalue weighted by molar-refractivity contribution is 5.97.